The monoisotopic (exact) mass is 310 g/mol. The van der Waals surface area contributed by atoms with Gasteiger partial charge in [-0.3, -0.25) is 0 Å². The third-order valence-electron chi connectivity index (χ3n) is 6.23. The molecular formula is C16H32B2O4. The van der Waals surface area contributed by atoms with Crippen molar-refractivity contribution in [2.75, 3.05) is 0 Å². The molecule has 0 spiro atoms. The van der Waals surface area contributed by atoms with Gasteiger partial charge in [-0.2, -0.15) is 0 Å². The van der Waals surface area contributed by atoms with Gasteiger partial charge in [-0.15, -0.1) is 0 Å². The topological polar surface area (TPSA) is 36.9 Å². The number of rotatable bonds is 3. The standard InChI is InChI=1S/C16H32B2O4/c1-11(17-19-13(3,4)14(5,6)20-17)12(2)18-21-15(7,8)16(9,10)22-18/h11-12H,1-10H3/t11-,12?/m1/s1. The Morgan fingerprint density at radius 3 is 0.864 bits per heavy atom. The van der Waals surface area contributed by atoms with Crippen LogP contribution in [0, 0.1) is 0 Å². The van der Waals surface area contributed by atoms with Crippen molar-refractivity contribution in [3.63, 3.8) is 0 Å². The molecule has 4 nitrogen and oxygen atoms in total. The maximum absolute atomic E-state index is 6.18. The highest BCUT2D eigenvalue weighted by atomic mass is 16.7. The second-order valence-corrected chi connectivity index (χ2v) is 8.97. The SMILES string of the molecule is CC(B1OC(C)(C)C(C)(C)O1)[C@@H](C)B1OC(C)(C)C(C)(C)O1. The summed E-state index contributed by atoms with van der Waals surface area (Å²) < 4.78 is 24.7. The van der Waals surface area contributed by atoms with Crippen molar-refractivity contribution in [2.45, 2.75) is 103 Å². The zero-order chi connectivity index (χ0) is 17.1. The van der Waals surface area contributed by atoms with Crippen molar-refractivity contribution < 1.29 is 18.6 Å². The van der Waals surface area contributed by atoms with Gasteiger partial charge in [-0.05, 0) is 67.0 Å². The molecule has 0 saturated carbocycles. The van der Waals surface area contributed by atoms with E-state index >= 15 is 0 Å². The largest absolute Gasteiger partial charge is 0.460 e. The van der Waals surface area contributed by atoms with Crippen LogP contribution in [0.1, 0.15) is 69.2 Å². The van der Waals surface area contributed by atoms with Crippen LogP contribution in [0.4, 0.5) is 0 Å². The van der Waals surface area contributed by atoms with Crippen LogP contribution in [0.15, 0.2) is 0 Å². The first-order valence-corrected chi connectivity index (χ1v) is 8.41. The summed E-state index contributed by atoms with van der Waals surface area (Å²) in [5, 5.41) is 0. The molecule has 2 heterocycles. The van der Waals surface area contributed by atoms with Crippen molar-refractivity contribution in [3.05, 3.63) is 0 Å². The van der Waals surface area contributed by atoms with Gasteiger partial charge < -0.3 is 18.6 Å². The van der Waals surface area contributed by atoms with E-state index in [4.69, 9.17) is 18.6 Å². The van der Waals surface area contributed by atoms with Gasteiger partial charge in [-0.25, -0.2) is 0 Å². The van der Waals surface area contributed by atoms with E-state index in [1.54, 1.807) is 0 Å². The molecule has 0 aromatic carbocycles. The van der Waals surface area contributed by atoms with Gasteiger partial charge in [0.15, 0.2) is 0 Å². The molecule has 2 atom stereocenters. The van der Waals surface area contributed by atoms with E-state index in [1.165, 1.54) is 0 Å². The predicted molar refractivity (Wildman–Crippen MR) is 91.0 cm³/mol. The molecule has 2 aliphatic rings. The van der Waals surface area contributed by atoms with Gasteiger partial charge in [0.25, 0.3) is 0 Å². The third-order valence-corrected chi connectivity index (χ3v) is 6.23. The Bertz CT molecular complexity index is 362. The Kier molecular flexibility index (Phi) is 4.36. The molecule has 0 aromatic heterocycles. The molecule has 22 heavy (non-hydrogen) atoms. The predicted octanol–water partition coefficient (Wildman–Crippen LogP) is 3.95. The Morgan fingerprint density at radius 2 is 0.682 bits per heavy atom. The lowest BCUT2D eigenvalue weighted by molar-refractivity contribution is 0.00578. The fourth-order valence-electron chi connectivity index (χ4n) is 2.70. The Hall–Kier alpha value is -0.0301. The summed E-state index contributed by atoms with van der Waals surface area (Å²) in [5.74, 6) is 0.353. The average Bonchev–Trinajstić information content (AvgIpc) is 2.67. The third kappa shape index (κ3) is 2.88. The first kappa shape index (κ1) is 18.3. The fraction of sp³-hybridized carbons (Fsp3) is 1.00. The van der Waals surface area contributed by atoms with E-state index in [1.807, 2.05) is 0 Å². The molecular weight excluding hydrogens is 278 g/mol. The van der Waals surface area contributed by atoms with Crippen molar-refractivity contribution in [1.29, 1.82) is 0 Å². The molecule has 126 valence electrons. The zero-order valence-electron chi connectivity index (χ0n) is 15.9. The van der Waals surface area contributed by atoms with E-state index in [0.717, 1.165) is 0 Å². The van der Waals surface area contributed by atoms with Crippen molar-refractivity contribution in [3.8, 4) is 0 Å². The van der Waals surface area contributed by atoms with E-state index < -0.39 is 0 Å². The van der Waals surface area contributed by atoms with Gasteiger partial charge >= 0.3 is 14.2 Å². The second-order valence-electron chi connectivity index (χ2n) is 8.97. The summed E-state index contributed by atoms with van der Waals surface area (Å²) in [6.07, 6.45) is 0. The molecule has 2 aliphatic heterocycles. The molecule has 2 saturated heterocycles. The lowest BCUT2D eigenvalue weighted by atomic mass is 9.54. The molecule has 6 heteroatoms. The highest BCUT2D eigenvalue weighted by Gasteiger charge is 2.58. The summed E-state index contributed by atoms with van der Waals surface area (Å²) in [7, 11) is -0.474. The molecule has 0 N–H and O–H groups in total. The second kappa shape index (κ2) is 5.23. The minimum Gasteiger partial charge on any atom is -0.403 e. The van der Waals surface area contributed by atoms with Crippen LogP contribution in [0.2, 0.25) is 11.6 Å². The summed E-state index contributed by atoms with van der Waals surface area (Å²) in [5.41, 5.74) is -1.22. The van der Waals surface area contributed by atoms with Crippen molar-refractivity contribution in [1.82, 2.24) is 0 Å². The number of hydrogen-bond acceptors (Lipinski definition) is 4. The fourth-order valence-corrected chi connectivity index (χ4v) is 2.70. The minimum atomic E-state index is -0.304. The highest BCUT2D eigenvalue weighted by Crippen LogP contribution is 2.47. The van der Waals surface area contributed by atoms with E-state index in [-0.39, 0.29) is 48.3 Å². The summed E-state index contributed by atoms with van der Waals surface area (Å²) in [6.45, 7) is 21.0. The summed E-state index contributed by atoms with van der Waals surface area (Å²) >= 11 is 0. The van der Waals surface area contributed by atoms with Crippen molar-refractivity contribution in [2.24, 2.45) is 0 Å². The van der Waals surface area contributed by atoms with Crippen LogP contribution in [-0.2, 0) is 18.6 Å². The quantitative estimate of drug-likeness (QED) is 0.740. The van der Waals surface area contributed by atoms with Crippen LogP contribution in [0.25, 0.3) is 0 Å². The first-order valence-electron chi connectivity index (χ1n) is 8.41. The molecule has 0 bridgehead atoms. The van der Waals surface area contributed by atoms with Gasteiger partial charge in [0.2, 0.25) is 0 Å². The molecule has 1 unspecified atom stereocenters. The van der Waals surface area contributed by atoms with Gasteiger partial charge in [0.05, 0.1) is 22.4 Å². The van der Waals surface area contributed by atoms with Gasteiger partial charge in [-0.1, -0.05) is 13.8 Å². The normalized spacial score (nSPS) is 31.4. The van der Waals surface area contributed by atoms with Crippen LogP contribution in [0.5, 0.6) is 0 Å². The van der Waals surface area contributed by atoms with Crippen molar-refractivity contribution >= 4 is 14.2 Å². The smallest absolute Gasteiger partial charge is 0.403 e. The first-order chi connectivity index (χ1) is 9.70. The molecule has 0 amide bonds. The van der Waals surface area contributed by atoms with Crippen LogP contribution in [-0.4, -0.2) is 36.6 Å². The minimum absolute atomic E-state index is 0.177. The number of hydrogen-bond donors (Lipinski definition) is 0. The van der Waals surface area contributed by atoms with Crippen LogP contribution in [0.3, 0.4) is 0 Å². The Balaban J connectivity index is 2.07. The summed E-state index contributed by atoms with van der Waals surface area (Å²) in [6, 6.07) is 0. The van der Waals surface area contributed by atoms with Gasteiger partial charge in [0.1, 0.15) is 0 Å². The van der Waals surface area contributed by atoms with Crippen LogP contribution < -0.4 is 0 Å². The molecule has 0 aliphatic carbocycles. The highest BCUT2D eigenvalue weighted by molar-refractivity contribution is 6.54. The summed E-state index contributed by atoms with van der Waals surface area (Å²) in [4.78, 5) is 0. The zero-order valence-corrected chi connectivity index (χ0v) is 15.9. The lowest BCUT2D eigenvalue weighted by Crippen LogP contribution is -2.41. The van der Waals surface area contributed by atoms with E-state index in [0.29, 0.717) is 0 Å². The molecule has 2 fully saturated rings. The Morgan fingerprint density at radius 1 is 0.500 bits per heavy atom. The van der Waals surface area contributed by atoms with E-state index in [2.05, 4.69) is 69.2 Å². The molecule has 0 aromatic rings. The Labute approximate surface area is 136 Å². The maximum atomic E-state index is 6.18. The van der Waals surface area contributed by atoms with E-state index in [9.17, 15) is 0 Å². The van der Waals surface area contributed by atoms with Gasteiger partial charge in [0, 0.05) is 0 Å². The lowest BCUT2D eigenvalue weighted by Gasteiger charge is -2.32. The van der Waals surface area contributed by atoms with Crippen LogP contribution >= 0.6 is 0 Å². The molecule has 2 rings (SSSR count). The maximum Gasteiger partial charge on any atom is 0.460 e. The average molecular weight is 310 g/mol. The molecule has 0 radical (unpaired) electrons.